The van der Waals surface area contributed by atoms with E-state index < -0.39 is 0 Å². The maximum atomic E-state index is 8.45. The van der Waals surface area contributed by atoms with E-state index in [2.05, 4.69) is 29.1 Å². The molecule has 5 nitrogen and oxygen atoms in total. The molecule has 1 aliphatic rings. The van der Waals surface area contributed by atoms with E-state index in [-0.39, 0.29) is 0 Å². The van der Waals surface area contributed by atoms with Crippen molar-refractivity contribution in [3.8, 4) is 0 Å². The predicted octanol–water partition coefficient (Wildman–Crippen LogP) is 0.929. The van der Waals surface area contributed by atoms with Crippen molar-refractivity contribution < 1.29 is 5.21 Å². The highest BCUT2D eigenvalue weighted by molar-refractivity contribution is 5.79. The van der Waals surface area contributed by atoms with Crippen LogP contribution in [0.25, 0.3) is 0 Å². The van der Waals surface area contributed by atoms with Crippen molar-refractivity contribution in [2.45, 2.75) is 38.1 Å². The number of amidine groups is 1. The highest BCUT2D eigenvalue weighted by Crippen LogP contribution is 2.17. The summed E-state index contributed by atoms with van der Waals surface area (Å²) in [7, 11) is 4.31. The molecule has 17 heavy (non-hydrogen) atoms. The summed E-state index contributed by atoms with van der Waals surface area (Å²) in [6, 6.07) is 0.732. The fourth-order valence-corrected chi connectivity index (χ4v) is 2.35. The number of nitrogens with two attached hydrogens (primary N) is 1. The normalized spacial score (nSPS) is 23.2. The van der Waals surface area contributed by atoms with Gasteiger partial charge >= 0.3 is 0 Å². The summed E-state index contributed by atoms with van der Waals surface area (Å²) in [6.45, 7) is 3.17. The Morgan fingerprint density at radius 1 is 1.47 bits per heavy atom. The first-order valence-corrected chi connectivity index (χ1v) is 6.48. The first kappa shape index (κ1) is 14.3. The molecule has 0 saturated carbocycles. The van der Waals surface area contributed by atoms with E-state index >= 15 is 0 Å². The van der Waals surface area contributed by atoms with E-state index in [4.69, 9.17) is 10.9 Å². The number of hydrogen-bond donors (Lipinski definition) is 2. The minimum atomic E-state index is 0.312. The molecule has 0 amide bonds. The molecule has 1 aliphatic heterocycles. The molecule has 1 heterocycles. The molecule has 1 fully saturated rings. The second-order valence-electron chi connectivity index (χ2n) is 5.06. The number of likely N-dealkylation sites (tertiary alicyclic amines) is 1. The molecule has 0 aromatic heterocycles. The van der Waals surface area contributed by atoms with Gasteiger partial charge in [0.2, 0.25) is 0 Å². The van der Waals surface area contributed by atoms with Crippen LogP contribution in [0.2, 0.25) is 0 Å². The van der Waals surface area contributed by atoms with Gasteiger partial charge in [0.05, 0.1) is 0 Å². The van der Waals surface area contributed by atoms with Gasteiger partial charge in [-0.15, -0.1) is 0 Å². The van der Waals surface area contributed by atoms with Crippen molar-refractivity contribution in [3.63, 3.8) is 0 Å². The van der Waals surface area contributed by atoms with Crippen LogP contribution in [-0.2, 0) is 0 Å². The van der Waals surface area contributed by atoms with Gasteiger partial charge < -0.3 is 20.7 Å². The largest absolute Gasteiger partial charge is 0.409 e. The van der Waals surface area contributed by atoms with Crippen molar-refractivity contribution in [2.75, 3.05) is 33.7 Å². The lowest BCUT2D eigenvalue weighted by Crippen LogP contribution is -2.38. The van der Waals surface area contributed by atoms with E-state index in [1.165, 1.54) is 32.2 Å². The fraction of sp³-hybridized carbons (Fsp3) is 0.917. The zero-order valence-electron chi connectivity index (χ0n) is 11.1. The van der Waals surface area contributed by atoms with Crippen LogP contribution in [-0.4, -0.2) is 60.6 Å². The summed E-state index contributed by atoms with van der Waals surface area (Å²) in [6.07, 6.45) is 5.87. The second kappa shape index (κ2) is 7.50. The quantitative estimate of drug-likeness (QED) is 0.315. The fourth-order valence-electron chi connectivity index (χ4n) is 2.35. The van der Waals surface area contributed by atoms with Gasteiger partial charge in [0.15, 0.2) is 0 Å². The number of oxime groups is 1. The Hall–Kier alpha value is -0.810. The van der Waals surface area contributed by atoms with Crippen molar-refractivity contribution in [2.24, 2.45) is 10.9 Å². The zero-order valence-corrected chi connectivity index (χ0v) is 11.1. The third-order valence-electron chi connectivity index (χ3n) is 3.64. The Balaban J connectivity index is 2.16. The lowest BCUT2D eigenvalue weighted by Gasteiger charge is -2.33. The minimum Gasteiger partial charge on any atom is -0.409 e. The molecule has 0 bridgehead atoms. The summed E-state index contributed by atoms with van der Waals surface area (Å²) in [5.41, 5.74) is 5.45. The van der Waals surface area contributed by atoms with E-state index in [1.807, 2.05) is 0 Å². The van der Waals surface area contributed by atoms with Gasteiger partial charge in [-0.2, -0.15) is 0 Å². The molecule has 0 radical (unpaired) electrons. The molecular weight excluding hydrogens is 216 g/mol. The van der Waals surface area contributed by atoms with E-state index in [9.17, 15) is 0 Å². The Morgan fingerprint density at radius 2 is 2.24 bits per heavy atom. The number of rotatable bonds is 6. The number of piperidine rings is 1. The molecule has 0 spiro atoms. The van der Waals surface area contributed by atoms with Gasteiger partial charge in [-0.3, -0.25) is 0 Å². The average Bonchev–Trinajstić information content (AvgIpc) is 2.35. The van der Waals surface area contributed by atoms with Gasteiger partial charge in [-0.25, -0.2) is 0 Å². The molecule has 1 rings (SSSR count). The van der Waals surface area contributed by atoms with Crippen LogP contribution in [0.5, 0.6) is 0 Å². The van der Waals surface area contributed by atoms with Gasteiger partial charge in [-0.05, 0) is 46.4 Å². The summed E-state index contributed by atoms with van der Waals surface area (Å²) in [4.78, 5) is 4.72. The van der Waals surface area contributed by atoms with Gasteiger partial charge in [0.1, 0.15) is 5.84 Å². The zero-order chi connectivity index (χ0) is 12.7. The lowest BCUT2D eigenvalue weighted by atomic mass is 10.00. The van der Waals surface area contributed by atoms with Crippen molar-refractivity contribution >= 4 is 5.84 Å². The summed E-state index contributed by atoms with van der Waals surface area (Å²) >= 11 is 0. The molecular formula is C12H26N4O. The molecule has 0 aliphatic carbocycles. The summed E-state index contributed by atoms with van der Waals surface area (Å²) < 4.78 is 0. The molecule has 100 valence electrons. The van der Waals surface area contributed by atoms with E-state index in [1.54, 1.807) is 0 Å². The van der Waals surface area contributed by atoms with Crippen LogP contribution in [0.1, 0.15) is 32.1 Å². The minimum absolute atomic E-state index is 0.312. The third-order valence-corrected chi connectivity index (χ3v) is 3.64. The Bertz CT molecular complexity index is 245. The predicted molar refractivity (Wildman–Crippen MR) is 70.4 cm³/mol. The van der Waals surface area contributed by atoms with Crippen LogP contribution < -0.4 is 5.73 Å². The summed E-state index contributed by atoms with van der Waals surface area (Å²) in [5.74, 6) is 0.312. The Kier molecular flexibility index (Phi) is 6.29. The van der Waals surface area contributed by atoms with Gasteiger partial charge in [-0.1, -0.05) is 11.6 Å². The number of nitrogens with zero attached hydrogens (tertiary/aromatic N) is 3. The maximum Gasteiger partial charge on any atom is 0.140 e. The van der Waals surface area contributed by atoms with Crippen molar-refractivity contribution in [3.05, 3.63) is 0 Å². The number of hydrogen-bond acceptors (Lipinski definition) is 4. The molecule has 1 saturated heterocycles. The smallest absolute Gasteiger partial charge is 0.140 e. The van der Waals surface area contributed by atoms with Crippen molar-refractivity contribution in [1.29, 1.82) is 0 Å². The molecule has 1 unspecified atom stereocenters. The molecule has 3 N–H and O–H groups in total. The van der Waals surface area contributed by atoms with Crippen LogP contribution in [0.4, 0.5) is 0 Å². The Labute approximate surface area is 104 Å². The second-order valence-corrected chi connectivity index (χ2v) is 5.06. The van der Waals surface area contributed by atoms with Crippen LogP contribution in [0.3, 0.4) is 0 Å². The standard InChI is InChI=1S/C12H26N4O/c1-15(10-7-12(13)14-17)9-6-11-5-3-4-8-16(11)2/h11,17H,3-10H2,1-2H3,(H2,13,14). The first-order chi connectivity index (χ1) is 8.13. The summed E-state index contributed by atoms with van der Waals surface area (Å²) in [5, 5.41) is 11.4. The topological polar surface area (TPSA) is 65.1 Å². The monoisotopic (exact) mass is 242 g/mol. The van der Waals surface area contributed by atoms with Crippen LogP contribution >= 0.6 is 0 Å². The third kappa shape index (κ3) is 5.37. The molecule has 5 heteroatoms. The Morgan fingerprint density at radius 3 is 2.88 bits per heavy atom. The highest BCUT2D eigenvalue weighted by Gasteiger charge is 2.18. The van der Waals surface area contributed by atoms with Crippen LogP contribution in [0, 0.1) is 0 Å². The average molecular weight is 242 g/mol. The lowest BCUT2D eigenvalue weighted by molar-refractivity contribution is 0.161. The van der Waals surface area contributed by atoms with Gasteiger partial charge in [0, 0.05) is 19.0 Å². The van der Waals surface area contributed by atoms with E-state index in [0.29, 0.717) is 12.3 Å². The van der Waals surface area contributed by atoms with Crippen molar-refractivity contribution in [1.82, 2.24) is 9.80 Å². The molecule has 0 aromatic rings. The van der Waals surface area contributed by atoms with E-state index in [0.717, 1.165) is 19.1 Å². The van der Waals surface area contributed by atoms with Crippen LogP contribution in [0.15, 0.2) is 5.16 Å². The van der Waals surface area contributed by atoms with Gasteiger partial charge in [0.25, 0.3) is 0 Å². The first-order valence-electron chi connectivity index (χ1n) is 6.48. The maximum absolute atomic E-state index is 8.45. The highest BCUT2D eigenvalue weighted by atomic mass is 16.4. The SMILES string of the molecule is CN(CCC(N)=NO)CCC1CCCCN1C. The molecule has 1 atom stereocenters. The molecule has 0 aromatic carbocycles.